The first kappa shape index (κ1) is 13.4. The molecule has 4 heteroatoms. The Morgan fingerprint density at radius 2 is 1.93 bits per heavy atom. The smallest absolute Gasteiger partial charge is 0.323 e. The Morgan fingerprint density at radius 3 is 2.29 bits per heavy atom. The minimum absolute atomic E-state index is 0.299. The molecule has 14 heavy (non-hydrogen) atoms. The zero-order valence-corrected chi connectivity index (χ0v) is 9.54. The predicted molar refractivity (Wildman–Crippen MR) is 56.7 cm³/mol. The van der Waals surface area contributed by atoms with Gasteiger partial charge in [0.25, 0.3) is 0 Å². The van der Waals surface area contributed by atoms with Gasteiger partial charge >= 0.3 is 5.97 Å². The second-order valence-corrected chi connectivity index (χ2v) is 4.62. The van der Waals surface area contributed by atoms with E-state index in [0.29, 0.717) is 18.9 Å². The molecule has 84 valence electrons. The Bertz CT molecular complexity index is 191. The summed E-state index contributed by atoms with van der Waals surface area (Å²) >= 11 is 0. The standard InChI is InChI=1S/C10H22N2O2/c1-7(2)5-8(12)9(13)14-10(3,4)6-11/h7-8H,5-6,11-12H2,1-4H3/t8-/m0/s1. The van der Waals surface area contributed by atoms with E-state index in [2.05, 4.69) is 0 Å². The van der Waals surface area contributed by atoms with Gasteiger partial charge in [-0.1, -0.05) is 13.8 Å². The monoisotopic (exact) mass is 202 g/mol. The molecule has 0 spiro atoms. The molecule has 4 N–H and O–H groups in total. The molecule has 0 aliphatic carbocycles. The van der Waals surface area contributed by atoms with E-state index in [9.17, 15) is 4.79 Å². The van der Waals surface area contributed by atoms with Crippen LogP contribution in [0.2, 0.25) is 0 Å². The highest BCUT2D eigenvalue weighted by Crippen LogP contribution is 2.10. The zero-order valence-electron chi connectivity index (χ0n) is 9.54. The summed E-state index contributed by atoms with van der Waals surface area (Å²) in [7, 11) is 0. The Balaban J connectivity index is 4.08. The quantitative estimate of drug-likeness (QED) is 0.641. The van der Waals surface area contributed by atoms with Gasteiger partial charge < -0.3 is 16.2 Å². The Labute approximate surface area is 86.0 Å². The summed E-state index contributed by atoms with van der Waals surface area (Å²) in [6.07, 6.45) is 0.638. The molecule has 0 bridgehead atoms. The maximum absolute atomic E-state index is 11.5. The van der Waals surface area contributed by atoms with Crippen LogP contribution >= 0.6 is 0 Å². The maximum atomic E-state index is 11.5. The van der Waals surface area contributed by atoms with E-state index in [1.54, 1.807) is 13.8 Å². The van der Waals surface area contributed by atoms with E-state index < -0.39 is 11.6 Å². The Morgan fingerprint density at radius 1 is 1.43 bits per heavy atom. The van der Waals surface area contributed by atoms with Gasteiger partial charge in [-0.25, -0.2) is 0 Å². The summed E-state index contributed by atoms with van der Waals surface area (Å²) in [6.45, 7) is 7.87. The fraction of sp³-hybridized carbons (Fsp3) is 0.900. The number of hydrogen-bond acceptors (Lipinski definition) is 4. The van der Waals surface area contributed by atoms with Crippen LogP contribution in [0.25, 0.3) is 0 Å². The Hall–Kier alpha value is -0.610. The third kappa shape index (κ3) is 5.19. The van der Waals surface area contributed by atoms with Gasteiger partial charge in [-0.2, -0.15) is 0 Å². The van der Waals surface area contributed by atoms with Crippen molar-refractivity contribution < 1.29 is 9.53 Å². The summed E-state index contributed by atoms with van der Waals surface area (Å²) in [5, 5.41) is 0. The molecule has 0 aliphatic rings. The Kier molecular flexibility index (Phi) is 5.08. The lowest BCUT2D eigenvalue weighted by Gasteiger charge is -2.25. The van der Waals surface area contributed by atoms with E-state index in [4.69, 9.17) is 16.2 Å². The van der Waals surface area contributed by atoms with Gasteiger partial charge in [0.2, 0.25) is 0 Å². The van der Waals surface area contributed by atoms with Gasteiger partial charge in [0.1, 0.15) is 11.6 Å². The SMILES string of the molecule is CC(C)C[C@H](N)C(=O)OC(C)(C)CN. The molecule has 0 aliphatic heterocycles. The molecule has 0 aromatic rings. The number of nitrogens with two attached hydrogens (primary N) is 2. The first-order valence-electron chi connectivity index (χ1n) is 4.97. The molecule has 0 unspecified atom stereocenters. The summed E-state index contributed by atoms with van der Waals surface area (Å²) in [4.78, 5) is 11.5. The van der Waals surface area contributed by atoms with Gasteiger partial charge in [0.05, 0.1) is 0 Å². The second kappa shape index (κ2) is 5.32. The molecule has 0 fully saturated rings. The summed E-state index contributed by atoms with van der Waals surface area (Å²) in [5.41, 5.74) is 10.5. The summed E-state index contributed by atoms with van der Waals surface area (Å²) in [6, 6.07) is -0.541. The van der Waals surface area contributed by atoms with Crippen LogP contribution in [-0.2, 0) is 9.53 Å². The number of hydrogen-bond donors (Lipinski definition) is 2. The highest BCUT2D eigenvalue weighted by atomic mass is 16.6. The second-order valence-electron chi connectivity index (χ2n) is 4.62. The van der Waals surface area contributed by atoms with E-state index in [1.807, 2.05) is 13.8 Å². The van der Waals surface area contributed by atoms with Gasteiger partial charge in [0.15, 0.2) is 0 Å². The van der Waals surface area contributed by atoms with E-state index in [-0.39, 0.29) is 5.97 Å². The normalized spacial score (nSPS) is 14.2. The number of rotatable bonds is 5. The van der Waals surface area contributed by atoms with Crippen molar-refractivity contribution in [3.05, 3.63) is 0 Å². The van der Waals surface area contributed by atoms with Crippen LogP contribution in [0.15, 0.2) is 0 Å². The molecule has 0 radical (unpaired) electrons. The first-order valence-corrected chi connectivity index (χ1v) is 4.97. The molecule has 0 rings (SSSR count). The van der Waals surface area contributed by atoms with Crippen LogP contribution in [0.5, 0.6) is 0 Å². The van der Waals surface area contributed by atoms with Crippen molar-refractivity contribution >= 4 is 5.97 Å². The topological polar surface area (TPSA) is 78.3 Å². The maximum Gasteiger partial charge on any atom is 0.323 e. The van der Waals surface area contributed by atoms with Crippen molar-refractivity contribution in [1.29, 1.82) is 0 Å². The van der Waals surface area contributed by atoms with Crippen LogP contribution in [0.4, 0.5) is 0 Å². The highest BCUT2D eigenvalue weighted by molar-refractivity contribution is 5.75. The average molecular weight is 202 g/mol. The van der Waals surface area contributed by atoms with E-state index in [0.717, 1.165) is 0 Å². The van der Waals surface area contributed by atoms with Crippen molar-refractivity contribution in [3.63, 3.8) is 0 Å². The fourth-order valence-corrected chi connectivity index (χ4v) is 0.994. The fourth-order valence-electron chi connectivity index (χ4n) is 0.994. The lowest BCUT2D eigenvalue weighted by Crippen LogP contribution is -2.42. The lowest BCUT2D eigenvalue weighted by atomic mass is 10.0. The largest absolute Gasteiger partial charge is 0.457 e. The first-order chi connectivity index (χ1) is 6.28. The highest BCUT2D eigenvalue weighted by Gasteiger charge is 2.25. The predicted octanol–water partition coefficient (Wildman–Crippen LogP) is 0.640. The molecular formula is C10H22N2O2. The van der Waals surface area contributed by atoms with Crippen molar-refractivity contribution in [2.45, 2.75) is 45.8 Å². The van der Waals surface area contributed by atoms with Gasteiger partial charge in [-0.05, 0) is 26.2 Å². The van der Waals surface area contributed by atoms with Gasteiger partial charge in [0, 0.05) is 6.54 Å². The van der Waals surface area contributed by atoms with Crippen LogP contribution in [0, 0.1) is 5.92 Å². The summed E-state index contributed by atoms with van der Waals surface area (Å²) in [5.74, 6) is 0.0210. The van der Waals surface area contributed by atoms with Gasteiger partial charge in [-0.3, -0.25) is 4.79 Å². The van der Waals surface area contributed by atoms with Crippen LogP contribution in [0.1, 0.15) is 34.1 Å². The van der Waals surface area contributed by atoms with Crippen LogP contribution < -0.4 is 11.5 Å². The summed E-state index contributed by atoms with van der Waals surface area (Å²) < 4.78 is 5.16. The van der Waals surface area contributed by atoms with Crippen molar-refractivity contribution in [2.75, 3.05) is 6.54 Å². The number of ether oxygens (including phenoxy) is 1. The molecule has 0 aromatic carbocycles. The lowest BCUT2D eigenvalue weighted by molar-refractivity contribution is -0.157. The average Bonchev–Trinajstić information content (AvgIpc) is 2.02. The van der Waals surface area contributed by atoms with Crippen molar-refractivity contribution in [3.8, 4) is 0 Å². The van der Waals surface area contributed by atoms with Crippen LogP contribution in [-0.4, -0.2) is 24.2 Å². The number of esters is 1. The molecular weight excluding hydrogens is 180 g/mol. The minimum atomic E-state index is -0.619. The molecule has 0 aromatic heterocycles. The molecule has 4 nitrogen and oxygen atoms in total. The number of carbonyl (C=O) groups is 1. The van der Waals surface area contributed by atoms with E-state index in [1.165, 1.54) is 0 Å². The molecule has 0 saturated heterocycles. The third-order valence-corrected chi connectivity index (χ3v) is 1.90. The number of carbonyl (C=O) groups excluding carboxylic acids is 1. The molecule has 0 heterocycles. The zero-order chi connectivity index (χ0) is 11.4. The van der Waals surface area contributed by atoms with Gasteiger partial charge in [-0.15, -0.1) is 0 Å². The molecule has 0 amide bonds. The van der Waals surface area contributed by atoms with Crippen LogP contribution in [0.3, 0.4) is 0 Å². The van der Waals surface area contributed by atoms with Crippen molar-refractivity contribution in [2.24, 2.45) is 17.4 Å². The molecule has 1 atom stereocenters. The molecule has 0 saturated carbocycles. The van der Waals surface area contributed by atoms with Crippen molar-refractivity contribution in [1.82, 2.24) is 0 Å². The minimum Gasteiger partial charge on any atom is -0.457 e. The van der Waals surface area contributed by atoms with E-state index >= 15 is 0 Å². The third-order valence-electron chi connectivity index (χ3n) is 1.90.